The first-order chi connectivity index (χ1) is 8.78. The van der Waals surface area contributed by atoms with Gasteiger partial charge < -0.3 is 5.32 Å². The molecule has 1 aliphatic carbocycles. The maximum Gasteiger partial charge on any atom is 0.235 e. The molecule has 0 unspecified atom stereocenters. The zero-order valence-electron chi connectivity index (χ0n) is 10.5. The average Bonchev–Trinajstić information content (AvgIpc) is 2.66. The average molecular weight is 308 g/mol. The fourth-order valence-electron chi connectivity index (χ4n) is 3.54. The third-order valence-electron chi connectivity index (χ3n) is 4.35. The van der Waals surface area contributed by atoms with Crippen molar-refractivity contribution in [1.82, 2.24) is 0 Å². The Kier molecular flexibility index (Phi) is 3.18. The van der Waals surface area contributed by atoms with E-state index in [2.05, 4.69) is 33.4 Å². The van der Waals surface area contributed by atoms with Gasteiger partial charge in [-0.2, -0.15) is 0 Å². The van der Waals surface area contributed by atoms with Crippen LogP contribution in [-0.4, -0.2) is 11.2 Å². The maximum atomic E-state index is 12.4. The lowest BCUT2D eigenvalue weighted by molar-refractivity contribution is -0.121. The fourth-order valence-corrected chi connectivity index (χ4v) is 3.93. The third-order valence-corrected chi connectivity index (χ3v) is 4.91. The van der Waals surface area contributed by atoms with E-state index < -0.39 is 0 Å². The number of hydrogen-bond donors (Lipinski definition) is 1. The zero-order chi connectivity index (χ0) is 12.6. The molecular weight excluding hydrogens is 290 g/mol. The summed E-state index contributed by atoms with van der Waals surface area (Å²) in [4.78, 5) is 12.4. The molecule has 1 aromatic rings. The van der Waals surface area contributed by atoms with Crippen molar-refractivity contribution in [2.45, 2.75) is 43.9 Å². The van der Waals surface area contributed by atoms with Crippen molar-refractivity contribution in [1.29, 1.82) is 0 Å². The molecular formula is C15H18BrNO. The summed E-state index contributed by atoms with van der Waals surface area (Å²) >= 11 is 3.47. The second-order valence-corrected chi connectivity index (χ2v) is 6.17. The standard InChI is InChI=1S/C15H18BrNO/c16-10-2-1-8-15-9-4-6-11-5-3-7-12(13(11)15)17-14(15)18/h3,5,7H,1-2,4,6,8-10H2,(H,17,18)/t15-/m1/s1. The van der Waals surface area contributed by atoms with Crippen molar-refractivity contribution in [3.8, 4) is 0 Å². The number of benzene rings is 1. The molecule has 18 heavy (non-hydrogen) atoms. The van der Waals surface area contributed by atoms with Crippen LogP contribution in [-0.2, 0) is 16.6 Å². The number of carbonyl (C=O) groups is 1. The minimum atomic E-state index is -0.216. The van der Waals surface area contributed by atoms with Gasteiger partial charge in [-0.15, -0.1) is 0 Å². The van der Waals surface area contributed by atoms with Gasteiger partial charge in [0.05, 0.1) is 5.41 Å². The van der Waals surface area contributed by atoms with E-state index in [4.69, 9.17) is 0 Å². The molecule has 0 saturated heterocycles. The van der Waals surface area contributed by atoms with Gasteiger partial charge in [0.15, 0.2) is 0 Å². The Hall–Kier alpha value is -0.830. The highest BCUT2D eigenvalue weighted by atomic mass is 79.9. The summed E-state index contributed by atoms with van der Waals surface area (Å²) in [5, 5.41) is 4.12. The van der Waals surface area contributed by atoms with Gasteiger partial charge in [-0.1, -0.05) is 34.5 Å². The van der Waals surface area contributed by atoms with Crippen LogP contribution in [0.15, 0.2) is 18.2 Å². The van der Waals surface area contributed by atoms with Crippen molar-refractivity contribution < 1.29 is 4.79 Å². The zero-order valence-corrected chi connectivity index (χ0v) is 12.1. The van der Waals surface area contributed by atoms with E-state index >= 15 is 0 Å². The smallest absolute Gasteiger partial charge is 0.235 e. The van der Waals surface area contributed by atoms with E-state index in [1.807, 2.05) is 6.07 Å². The molecule has 3 rings (SSSR count). The summed E-state index contributed by atoms with van der Waals surface area (Å²) < 4.78 is 0. The van der Waals surface area contributed by atoms with Gasteiger partial charge in [0.25, 0.3) is 0 Å². The first-order valence-electron chi connectivity index (χ1n) is 6.78. The van der Waals surface area contributed by atoms with Gasteiger partial charge in [0.2, 0.25) is 5.91 Å². The van der Waals surface area contributed by atoms with Gasteiger partial charge in [-0.05, 0) is 49.3 Å². The van der Waals surface area contributed by atoms with Crippen LogP contribution >= 0.6 is 15.9 Å². The fraction of sp³-hybridized carbons (Fsp3) is 0.533. The third kappa shape index (κ3) is 1.71. The van der Waals surface area contributed by atoms with Crippen molar-refractivity contribution in [2.75, 3.05) is 10.6 Å². The lowest BCUT2D eigenvalue weighted by Crippen LogP contribution is -2.37. The summed E-state index contributed by atoms with van der Waals surface area (Å²) in [5.41, 5.74) is 3.55. The molecule has 0 radical (unpaired) electrons. The Bertz CT molecular complexity index is 485. The predicted octanol–water partition coefficient (Wildman–Crippen LogP) is 3.78. The second-order valence-electron chi connectivity index (χ2n) is 5.38. The summed E-state index contributed by atoms with van der Waals surface area (Å²) in [6, 6.07) is 6.31. The van der Waals surface area contributed by atoms with E-state index in [1.165, 1.54) is 11.1 Å². The topological polar surface area (TPSA) is 29.1 Å². The van der Waals surface area contributed by atoms with E-state index in [9.17, 15) is 4.79 Å². The van der Waals surface area contributed by atoms with Crippen molar-refractivity contribution in [3.05, 3.63) is 29.3 Å². The number of unbranched alkanes of at least 4 members (excludes halogenated alkanes) is 1. The molecule has 0 aromatic heterocycles. The van der Waals surface area contributed by atoms with Gasteiger partial charge in [-0.25, -0.2) is 0 Å². The molecule has 0 bridgehead atoms. The van der Waals surface area contributed by atoms with Crippen LogP contribution in [0.3, 0.4) is 0 Å². The van der Waals surface area contributed by atoms with Crippen LogP contribution in [0, 0.1) is 0 Å². The first kappa shape index (κ1) is 12.2. The van der Waals surface area contributed by atoms with Crippen LogP contribution in [0.25, 0.3) is 0 Å². The predicted molar refractivity (Wildman–Crippen MR) is 77.3 cm³/mol. The Balaban J connectivity index is 2.00. The lowest BCUT2D eigenvalue weighted by Gasteiger charge is -2.33. The molecule has 1 aliphatic heterocycles. The number of rotatable bonds is 4. The van der Waals surface area contributed by atoms with Crippen LogP contribution < -0.4 is 5.32 Å². The largest absolute Gasteiger partial charge is 0.325 e. The highest BCUT2D eigenvalue weighted by Crippen LogP contribution is 2.49. The molecule has 2 nitrogen and oxygen atoms in total. The quantitative estimate of drug-likeness (QED) is 0.665. The molecule has 1 heterocycles. The first-order valence-corrected chi connectivity index (χ1v) is 7.90. The lowest BCUT2D eigenvalue weighted by atomic mass is 9.68. The SMILES string of the molecule is O=C1Nc2cccc3c2[C@@]1(CCCCBr)CCC3. The molecule has 1 atom stereocenters. The molecule has 1 N–H and O–H groups in total. The minimum Gasteiger partial charge on any atom is -0.325 e. The Labute approximate surface area is 116 Å². The van der Waals surface area contributed by atoms with E-state index in [-0.39, 0.29) is 11.3 Å². The Morgan fingerprint density at radius 2 is 2.22 bits per heavy atom. The van der Waals surface area contributed by atoms with Crippen LogP contribution in [0.1, 0.15) is 43.2 Å². The van der Waals surface area contributed by atoms with Crippen molar-refractivity contribution in [3.63, 3.8) is 0 Å². The van der Waals surface area contributed by atoms with Crippen LogP contribution in [0.2, 0.25) is 0 Å². The minimum absolute atomic E-state index is 0.216. The van der Waals surface area contributed by atoms with E-state index in [1.54, 1.807) is 0 Å². The second kappa shape index (κ2) is 4.69. The number of amides is 1. The Morgan fingerprint density at radius 1 is 1.33 bits per heavy atom. The molecule has 96 valence electrons. The molecule has 3 heteroatoms. The summed E-state index contributed by atoms with van der Waals surface area (Å²) in [6.07, 6.45) is 6.54. The van der Waals surface area contributed by atoms with Gasteiger partial charge in [0, 0.05) is 11.0 Å². The Morgan fingerprint density at radius 3 is 3.06 bits per heavy atom. The number of aryl methyl sites for hydroxylation is 1. The molecule has 0 spiro atoms. The number of anilines is 1. The van der Waals surface area contributed by atoms with Gasteiger partial charge in [0.1, 0.15) is 0 Å². The maximum absolute atomic E-state index is 12.4. The van der Waals surface area contributed by atoms with Crippen LogP contribution in [0.4, 0.5) is 5.69 Å². The molecule has 0 fully saturated rings. The summed E-state index contributed by atoms with van der Waals surface area (Å²) in [5.74, 6) is 0.235. The van der Waals surface area contributed by atoms with E-state index in [0.717, 1.165) is 49.5 Å². The van der Waals surface area contributed by atoms with Gasteiger partial charge in [-0.3, -0.25) is 4.79 Å². The highest BCUT2D eigenvalue weighted by Gasteiger charge is 2.48. The molecule has 0 saturated carbocycles. The molecule has 1 amide bonds. The highest BCUT2D eigenvalue weighted by molar-refractivity contribution is 9.09. The van der Waals surface area contributed by atoms with Crippen molar-refractivity contribution in [2.24, 2.45) is 0 Å². The monoisotopic (exact) mass is 307 g/mol. The van der Waals surface area contributed by atoms with Gasteiger partial charge >= 0.3 is 0 Å². The van der Waals surface area contributed by atoms with Crippen molar-refractivity contribution >= 4 is 27.5 Å². The summed E-state index contributed by atoms with van der Waals surface area (Å²) in [6.45, 7) is 0. The molecule has 2 aliphatic rings. The number of hydrogen-bond acceptors (Lipinski definition) is 1. The number of nitrogens with one attached hydrogen (secondary N) is 1. The van der Waals surface area contributed by atoms with E-state index in [0.29, 0.717) is 0 Å². The number of halogens is 1. The normalized spacial score (nSPS) is 24.8. The molecule has 1 aromatic carbocycles. The summed E-state index contributed by atoms with van der Waals surface area (Å²) in [7, 11) is 0. The number of alkyl halides is 1. The van der Waals surface area contributed by atoms with Crippen LogP contribution in [0.5, 0.6) is 0 Å². The number of carbonyl (C=O) groups excluding carboxylic acids is 1.